The number of para-hydroxylation sites is 1. The minimum Gasteiger partial charge on any atom is -0.455 e. The van der Waals surface area contributed by atoms with Gasteiger partial charge in [0.1, 0.15) is 11.3 Å². The van der Waals surface area contributed by atoms with Gasteiger partial charge in [-0.1, -0.05) is 66.7 Å². The van der Waals surface area contributed by atoms with Crippen LogP contribution < -0.4 is 11.2 Å². The molecule has 1 aromatic heterocycles. The van der Waals surface area contributed by atoms with Crippen LogP contribution in [0.1, 0.15) is 24.8 Å². The summed E-state index contributed by atoms with van der Waals surface area (Å²) in [6, 6.07) is 25.3. The first kappa shape index (κ1) is 17.0. The van der Waals surface area contributed by atoms with Gasteiger partial charge in [-0.15, -0.1) is 0 Å². The number of fused-ring (bicyclic) bond motifs is 1. The highest BCUT2D eigenvalue weighted by Gasteiger charge is 2.34. The van der Waals surface area contributed by atoms with Crippen molar-refractivity contribution in [3.05, 3.63) is 94.6 Å². The standard InChI is InChI=1S/C25H21NO2/c26-25(15-6-16-25)19-13-11-17(12-14-19)22-23(27)20-9-4-5-10-21(20)28-24(22)18-7-2-1-3-8-18/h1-5,7-14H,6,15-16,26H2. The second-order valence-electron chi connectivity index (χ2n) is 7.58. The number of benzene rings is 3. The average molecular weight is 367 g/mol. The Morgan fingerprint density at radius 3 is 2.14 bits per heavy atom. The van der Waals surface area contributed by atoms with Gasteiger partial charge in [0.15, 0.2) is 0 Å². The number of rotatable bonds is 3. The fraction of sp³-hybridized carbons (Fsp3) is 0.160. The lowest BCUT2D eigenvalue weighted by Crippen LogP contribution is -2.43. The second-order valence-corrected chi connectivity index (χ2v) is 7.58. The van der Waals surface area contributed by atoms with Crippen LogP contribution in [0.25, 0.3) is 33.4 Å². The summed E-state index contributed by atoms with van der Waals surface area (Å²) in [6.45, 7) is 0. The maximum Gasteiger partial charge on any atom is 0.201 e. The number of nitrogens with two attached hydrogens (primary N) is 1. The highest BCUT2D eigenvalue weighted by Crippen LogP contribution is 2.40. The van der Waals surface area contributed by atoms with E-state index in [1.165, 1.54) is 6.42 Å². The normalized spacial score (nSPS) is 15.3. The molecule has 0 bridgehead atoms. The van der Waals surface area contributed by atoms with E-state index in [0.717, 1.165) is 29.5 Å². The average Bonchev–Trinajstić information content (AvgIpc) is 2.73. The van der Waals surface area contributed by atoms with Crippen LogP contribution in [0.15, 0.2) is 88.1 Å². The van der Waals surface area contributed by atoms with Crippen molar-refractivity contribution in [1.29, 1.82) is 0 Å². The van der Waals surface area contributed by atoms with Crippen molar-refractivity contribution in [1.82, 2.24) is 0 Å². The van der Waals surface area contributed by atoms with Crippen molar-refractivity contribution < 1.29 is 4.42 Å². The molecule has 0 atom stereocenters. The molecule has 1 heterocycles. The van der Waals surface area contributed by atoms with Crippen LogP contribution in [0.2, 0.25) is 0 Å². The van der Waals surface area contributed by atoms with Gasteiger partial charge >= 0.3 is 0 Å². The zero-order valence-electron chi connectivity index (χ0n) is 15.5. The molecule has 1 fully saturated rings. The first-order chi connectivity index (χ1) is 13.7. The van der Waals surface area contributed by atoms with Crippen LogP contribution in [0, 0.1) is 0 Å². The van der Waals surface area contributed by atoms with E-state index in [9.17, 15) is 4.79 Å². The summed E-state index contributed by atoms with van der Waals surface area (Å²) in [5.74, 6) is 0.600. The van der Waals surface area contributed by atoms with Gasteiger partial charge in [0.2, 0.25) is 5.43 Å². The van der Waals surface area contributed by atoms with Crippen LogP contribution in [-0.4, -0.2) is 0 Å². The van der Waals surface area contributed by atoms with E-state index >= 15 is 0 Å². The van der Waals surface area contributed by atoms with Gasteiger partial charge in [-0.3, -0.25) is 4.79 Å². The number of hydrogen-bond donors (Lipinski definition) is 1. The molecule has 3 nitrogen and oxygen atoms in total. The van der Waals surface area contributed by atoms with Crippen molar-refractivity contribution >= 4 is 11.0 Å². The van der Waals surface area contributed by atoms with Crippen LogP contribution >= 0.6 is 0 Å². The zero-order chi connectivity index (χ0) is 19.1. The van der Waals surface area contributed by atoms with Crippen molar-refractivity contribution in [2.45, 2.75) is 24.8 Å². The lowest BCUT2D eigenvalue weighted by Gasteiger charge is -2.38. The topological polar surface area (TPSA) is 56.2 Å². The van der Waals surface area contributed by atoms with Gasteiger partial charge in [0.25, 0.3) is 0 Å². The summed E-state index contributed by atoms with van der Waals surface area (Å²) >= 11 is 0. The highest BCUT2D eigenvalue weighted by molar-refractivity contribution is 5.89. The quantitative estimate of drug-likeness (QED) is 0.523. The highest BCUT2D eigenvalue weighted by atomic mass is 16.3. The Labute approximate surface area is 163 Å². The van der Waals surface area contributed by atoms with E-state index in [-0.39, 0.29) is 11.0 Å². The van der Waals surface area contributed by atoms with Crippen molar-refractivity contribution in [3.63, 3.8) is 0 Å². The summed E-state index contributed by atoms with van der Waals surface area (Å²) in [5, 5.41) is 0.593. The molecule has 0 spiro atoms. The van der Waals surface area contributed by atoms with Crippen LogP contribution in [0.5, 0.6) is 0 Å². The summed E-state index contributed by atoms with van der Waals surface area (Å²) in [7, 11) is 0. The first-order valence-corrected chi connectivity index (χ1v) is 9.67. The fourth-order valence-corrected chi connectivity index (χ4v) is 4.01. The van der Waals surface area contributed by atoms with Gasteiger partial charge in [-0.25, -0.2) is 0 Å². The summed E-state index contributed by atoms with van der Waals surface area (Å²) in [5.41, 5.74) is 10.3. The Morgan fingerprint density at radius 2 is 1.46 bits per heavy atom. The van der Waals surface area contributed by atoms with Crippen molar-refractivity contribution in [2.75, 3.05) is 0 Å². The minimum absolute atomic E-state index is 0.0143. The predicted octanol–water partition coefficient (Wildman–Crippen LogP) is 5.46. The Kier molecular flexibility index (Phi) is 3.92. The molecule has 1 aliphatic carbocycles. The van der Waals surface area contributed by atoms with Gasteiger partial charge < -0.3 is 10.2 Å². The summed E-state index contributed by atoms with van der Waals surface area (Å²) in [6.07, 6.45) is 3.20. The van der Waals surface area contributed by atoms with E-state index in [1.54, 1.807) is 0 Å². The smallest absolute Gasteiger partial charge is 0.201 e. The largest absolute Gasteiger partial charge is 0.455 e. The molecule has 28 heavy (non-hydrogen) atoms. The monoisotopic (exact) mass is 367 g/mol. The Morgan fingerprint density at radius 1 is 0.786 bits per heavy atom. The first-order valence-electron chi connectivity index (χ1n) is 9.67. The molecule has 0 radical (unpaired) electrons. The maximum atomic E-state index is 13.4. The van der Waals surface area contributed by atoms with E-state index in [4.69, 9.17) is 10.2 Å². The van der Waals surface area contributed by atoms with Gasteiger partial charge in [-0.2, -0.15) is 0 Å². The third-order valence-corrected chi connectivity index (χ3v) is 5.83. The molecule has 0 saturated heterocycles. The maximum absolute atomic E-state index is 13.4. The van der Waals surface area contributed by atoms with Crippen molar-refractivity contribution in [3.8, 4) is 22.5 Å². The molecule has 138 valence electrons. The van der Waals surface area contributed by atoms with E-state index in [1.807, 2.05) is 66.7 Å². The minimum atomic E-state index is -0.213. The molecule has 0 amide bonds. The molecular formula is C25H21NO2. The molecule has 0 unspecified atom stereocenters. The Balaban J connectivity index is 1.74. The number of hydrogen-bond acceptors (Lipinski definition) is 3. The third-order valence-electron chi connectivity index (χ3n) is 5.83. The van der Waals surface area contributed by atoms with E-state index in [0.29, 0.717) is 22.3 Å². The molecule has 4 aromatic rings. The summed E-state index contributed by atoms with van der Waals surface area (Å²) < 4.78 is 6.22. The Bertz CT molecular complexity index is 1200. The fourth-order valence-electron chi connectivity index (χ4n) is 4.01. The van der Waals surface area contributed by atoms with Crippen LogP contribution in [0.4, 0.5) is 0 Å². The summed E-state index contributed by atoms with van der Waals surface area (Å²) in [4.78, 5) is 13.4. The predicted molar refractivity (Wildman–Crippen MR) is 113 cm³/mol. The molecule has 3 aromatic carbocycles. The van der Waals surface area contributed by atoms with Gasteiger partial charge in [-0.05, 0) is 42.5 Å². The van der Waals surface area contributed by atoms with Gasteiger partial charge in [0.05, 0.1) is 10.9 Å². The molecule has 0 aliphatic heterocycles. The zero-order valence-corrected chi connectivity index (χ0v) is 15.5. The lowest BCUT2D eigenvalue weighted by molar-refractivity contribution is 0.253. The molecule has 1 aliphatic rings. The molecule has 2 N–H and O–H groups in total. The SMILES string of the molecule is NC1(c2ccc(-c3c(-c4ccccc4)oc4ccccc4c3=O)cc2)CCC1. The molecular weight excluding hydrogens is 346 g/mol. The third kappa shape index (κ3) is 2.67. The lowest BCUT2D eigenvalue weighted by atomic mass is 9.72. The van der Waals surface area contributed by atoms with Crippen molar-refractivity contribution in [2.24, 2.45) is 5.73 Å². The van der Waals surface area contributed by atoms with Gasteiger partial charge in [0, 0.05) is 11.1 Å². The molecule has 5 rings (SSSR count). The Hall–Kier alpha value is -3.17. The molecule has 3 heteroatoms. The van der Waals surface area contributed by atoms with Crippen LogP contribution in [0.3, 0.4) is 0 Å². The van der Waals surface area contributed by atoms with E-state index < -0.39 is 0 Å². The second kappa shape index (κ2) is 6.47. The van der Waals surface area contributed by atoms with Crippen LogP contribution in [-0.2, 0) is 5.54 Å². The molecule has 1 saturated carbocycles. The van der Waals surface area contributed by atoms with E-state index in [2.05, 4.69) is 12.1 Å².